The molecule has 0 spiro atoms. The van der Waals surface area contributed by atoms with Gasteiger partial charge < -0.3 is 10.6 Å². The molecule has 0 amide bonds. The smallest absolute Gasteiger partial charge is 0.127 e. The number of piperidine rings is 1. The fourth-order valence-electron chi connectivity index (χ4n) is 3.13. The van der Waals surface area contributed by atoms with Gasteiger partial charge >= 0.3 is 0 Å². The Kier molecular flexibility index (Phi) is 4.20. The van der Waals surface area contributed by atoms with Crippen LogP contribution in [0.25, 0.3) is 0 Å². The molecule has 0 bridgehead atoms. The molecular weight excluding hydrogens is 203 g/mol. The Morgan fingerprint density at radius 1 is 1.06 bits per heavy atom. The minimum atomic E-state index is -1.04. The van der Waals surface area contributed by atoms with Gasteiger partial charge in [-0.3, -0.25) is 0 Å². The summed E-state index contributed by atoms with van der Waals surface area (Å²) in [6.07, 6.45) is 6.80. The number of hydrogen-bond donors (Lipinski definition) is 2. The maximum atomic E-state index is 14.9. The minimum Gasteiger partial charge on any atom is -0.316 e. The quantitative estimate of drug-likeness (QED) is 0.757. The van der Waals surface area contributed by atoms with Crippen LogP contribution in [0.2, 0.25) is 0 Å². The van der Waals surface area contributed by atoms with Gasteiger partial charge in [-0.2, -0.15) is 0 Å². The van der Waals surface area contributed by atoms with Crippen LogP contribution in [0.1, 0.15) is 45.4 Å². The average molecular weight is 228 g/mol. The fourth-order valence-corrected chi connectivity index (χ4v) is 3.13. The predicted molar refractivity (Wildman–Crippen MR) is 65.4 cm³/mol. The Morgan fingerprint density at radius 2 is 1.94 bits per heavy atom. The SMILES string of the molecule is CC(F)(C1CCCNC1)C1CCCCCN1. The Hall–Kier alpha value is -0.150. The van der Waals surface area contributed by atoms with Gasteiger partial charge in [-0.15, -0.1) is 0 Å². The Morgan fingerprint density at radius 3 is 2.69 bits per heavy atom. The van der Waals surface area contributed by atoms with Crippen molar-refractivity contribution in [2.24, 2.45) is 5.92 Å². The highest BCUT2D eigenvalue weighted by molar-refractivity contribution is 4.96. The summed E-state index contributed by atoms with van der Waals surface area (Å²) in [4.78, 5) is 0. The lowest BCUT2D eigenvalue weighted by atomic mass is 9.78. The molecule has 0 aromatic heterocycles. The molecule has 2 fully saturated rings. The van der Waals surface area contributed by atoms with Gasteiger partial charge in [0.1, 0.15) is 5.67 Å². The molecule has 3 heteroatoms. The van der Waals surface area contributed by atoms with Crippen LogP contribution in [0.3, 0.4) is 0 Å². The van der Waals surface area contributed by atoms with E-state index in [1.54, 1.807) is 0 Å². The number of rotatable bonds is 2. The number of hydrogen-bond acceptors (Lipinski definition) is 2. The van der Waals surface area contributed by atoms with E-state index >= 15 is 0 Å². The summed E-state index contributed by atoms with van der Waals surface area (Å²) in [7, 11) is 0. The minimum absolute atomic E-state index is 0.0694. The molecule has 0 aromatic carbocycles. The first-order valence-electron chi connectivity index (χ1n) is 6.84. The zero-order chi connectivity index (χ0) is 11.4. The van der Waals surface area contributed by atoms with E-state index in [0.717, 1.165) is 38.9 Å². The van der Waals surface area contributed by atoms with Crippen LogP contribution >= 0.6 is 0 Å². The largest absolute Gasteiger partial charge is 0.316 e. The number of nitrogens with one attached hydrogen (secondary N) is 2. The second-order valence-electron chi connectivity index (χ2n) is 5.55. The van der Waals surface area contributed by atoms with E-state index in [2.05, 4.69) is 10.6 Å². The molecular formula is C13H25FN2. The molecule has 2 heterocycles. The Labute approximate surface area is 98.4 Å². The van der Waals surface area contributed by atoms with E-state index in [0.29, 0.717) is 0 Å². The first kappa shape index (κ1) is 12.3. The summed E-state index contributed by atoms with van der Waals surface area (Å²) in [5.41, 5.74) is -1.04. The number of alkyl halides is 1. The first-order valence-corrected chi connectivity index (χ1v) is 6.84. The van der Waals surface area contributed by atoms with Gasteiger partial charge in [-0.1, -0.05) is 12.8 Å². The van der Waals surface area contributed by atoms with Gasteiger partial charge in [0.2, 0.25) is 0 Å². The molecule has 2 rings (SSSR count). The van der Waals surface area contributed by atoms with Crippen LogP contribution in [0, 0.1) is 5.92 Å². The van der Waals surface area contributed by atoms with Crippen molar-refractivity contribution in [3.05, 3.63) is 0 Å². The molecule has 2 aliphatic rings. The van der Waals surface area contributed by atoms with Gasteiger partial charge in [0, 0.05) is 18.5 Å². The first-order chi connectivity index (χ1) is 7.71. The maximum Gasteiger partial charge on any atom is 0.127 e. The van der Waals surface area contributed by atoms with Gasteiger partial charge in [-0.05, 0) is 45.7 Å². The van der Waals surface area contributed by atoms with Crippen molar-refractivity contribution in [3.8, 4) is 0 Å². The predicted octanol–water partition coefficient (Wildman–Crippen LogP) is 2.25. The monoisotopic (exact) mass is 228 g/mol. The molecule has 3 unspecified atom stereocenters. The molecule has 2 saturated heterocycles. The zero-order valence-electron chi connectivity index (χ0n) is 10.4. The van der Waals surface area contributed by atoms with Crippen molar-refractivity contribution in [1.29, 1.82) is 0 Å². The lowest BCUT2D eigenvalue weighted by Gasteiger charge is -2.39. The third-order valence-corrected chi connectivity index (χ3v) is 4.34. The third kappa shape index (κ3) is 2.75. The molecule has 2 nitrogen and oxygen atoms in total. The molecule has 94 valence electrons. The van der Waals surface area contributed by atoms with Gasteiger partial charge in [0.15, 0.2) is 0 Å². The Balaban J connectivity index is 1.97. The van der Waals surface area contributed by atoms with Crippen LogP contribution in [0.4, 0.5) is 4.39 Å². The number of halogens is 1. The van der Waals surface area contributed by atoms with Crippen LogP contribution < -0.4 is 10.6 Å². The average Bonchev–Trinajstić information content (AvgIpc) is 2.59. The van der Waals surface area contributed by atoms with Crippen molar-refractivity contribution in [3.63, 3.8) is 0 Å². The van der Waals surface area contributed by atoms with E-state index in [-0.39, 0.29) is 12.0 Å². The topological polar surface area (TPSA) is 24.1 Å². The summed E-state index contributed by atoms with van der Waals surface area (Å²) in [5.74, 6) is 0.192. The highest BCUT2D eigenvalue weighted by Gasteiger charge is 2.41. The molecule has 0 aromatic rings. The van der Waals surface area contributed by atoms with Crippen LogP contribution in [-0.2, 0) is 0 Å². The lowest BCUT2D eigenvalue weighted by Crippen LogP contribution is -2.53. The normalized spacial score (nSPS) is 36.4. The van der Waals surface area contributed by atoms with Crippen LogP contribution in [-0.4, -0.2) is 31.3 Å². The summed E-state index contributed by atoms with van der Waals surface area (Å²) < 4.78 is 14.9. The van der Waals surface area contributed by atoms with Gasteiger partial charge in [-0.25, -0.2) is 4.39 Å². The van der Waals surface area contributed by atoms with E-state index in [1.807, 2.05) is 6.92 Å². The second-order valence-corrected chi connectivity index (χ2v) is 5.55. The van der Waals surface area contributed by atoms with E-state index < -0.39 is 5.67 Å². The summed E-state index contributed by atoms with van der Waals surface area (Å²) in [6, 6.07) is 0.0694. The maximum absolute atomic E-state index is 14.9. The molecule has 0 radical (unpaired) electrons. The molecule has 16 heavy (non-hydrogen) atoms. The van der Waals surface area contributed by atoms with Crippen molar-refractivity contribution in [1.82, 2.24) is 10.6 Å². The fraction of sp³-hybridized carbons (Fsp3) is 1.00. The van der Waals surface area contributed by atoms with E-state index in [1.165, 1.54) is 19.3 Å². The van der Waals surface area contributed by atoms with Gasteiger partial charge in [0.05, 0.1) is 0 Å². The molecule has 0 saturated carbocycles. The van der Waals surface area contributed by atoms with Crippen molar-refractivity contribution in [2.75, 3.05) is 19.6 Å². The second kappa shape index (κ2) is 5.46. The zero-order valence-corrected chi connectivity index (χ0v) is 10.4. The highest BCUT2D eigenvalue weighted by Crippen LogP contribution is 2.33. The van der Waals surface area contributed by atoms with Gasteiger partial charge in [0.25, 0.3) is 0 Å². The van der Waals surface area contributed by atoms with Crippen LogP contribution in [0.5, 0.6) is 0 Å². The molecule has 0 aliphatic carbocycles. The third-order valence-electron chi connectivity index (χ3n) is 4.34. The summed E-state index contributed by atoms with van der Waals surface area (Å²) in [6.45, 7) is 4.72. The van der Waals surface area contributed by atoms with E-state index in [4.69, 9.17) is 0 Å². The van der Waals surface area contributed by atoms with E-state index in [9.17, 15) is 4.39 Å². The standard InChI is InChI=1S/C13H25FN2/c1-13(14,11-6-5-8-15-10-11)12-7-3-2-4-9-16-12/h11-12,15-16H,2-10H2,1H3. The molecule has 3 atom stereocenters. The summed E-state index contributed by atoms with van der Waals surface area (Å²) >= 11 is 0. The summed E-state index contributed by atoms with van der Waals surface area (Å²) in [5, 5.41) is 6.74. The van der Waals surface area contributed by atoms with Crippen molar-refractivity contribution in [2.45, 2.75) is 57.2 Å². The van der Waals surface area contributed by atoms with Crippen LogP contribution in [0.15, 0.2) is 0 Å². The van der Waals surface area contributed by atoms with Crippen molar-refractivity contribution < 1.29 is 4.39 Å². The lowest BCUT2D eigenvalue weighted by molar-refractivity contribution is 0.0396. The molecule has 2 aliphatic heterocycles. The molecule has 2 N–H and O–H groups in total. The van der Waals surface area contributed by atoms with Crippen molar-refractivity contribution >= 4 is 0 Å². The Bertz CT molecular complexity index is 204. The highest BCUT2D eigenvalue weighted by atomic mass is 19.1.